The molecule has 88 valence electrons. The summed E-state index contributed by atoms with van der Waals surface area (Å²) in [6.07, 6.45) is 0. The molecule has 1 aromatic rings. The van der Waals surface area contributed by atoms with E-state index in [1.165, 1.54) is 25.3 Å². The van der Waals surface area contributed by atoms with Crippen LogP contribution in [0.15, 0.2) is 22.7 Å². The molecule has 1 aliphatic rings. The van der Waals surface area contributed by atoms with Crippen LogP contribution in [0.25, 0.3) is 0 Å². The van der Waals surface area contributed by atoms with Crippen LogP contribution in [-0.2, 0) is 0 Å². The van der Waals surface area contributed by atoms with Gasteiger partial charge in [0.1, 0.15) is 5.75 Å². The zero-order chi connectivity index (χ0) is 21.2. The van der Waals surface area contributed by atoms with Crippen molar-refractivity contribution in [2.45, 2.75) is 0 Å². The van der Waals surface area contributed by atoms with Crippen molar-refractivity contribution in [1.29, 1.82) is 0 Å². The lowest BCUT2D eigenvalue weighted by Crippen LogP contribution is -2.44. The summed E-state index contributed by atoms with van der Waals surface area (Å²) in [4.78, 5) is -0.0865. The molecule has 0 amide bonds. The number of benzene rings is 1. The molecule has 0 atom stereocenters. The molecule has 16 heavy (non-hydrogen) atoms. The Hall–Kier alpha value is -0.740. The van der Waals surface area contributed by atoms with Crippen LogP contribution in [0.2, 0.25) is 0 Å². The fraction of sp³-hybridized carbons (Fsp3) is 0.500. The Kier molecular flexibility index (Phi) is 1.32. The summed E-state index contributed by atoms with van der Waals surface area (Å²) in [6.45, 7) is -16.8. The molecular weight excluding hydrogens is 268 g/mol. The zero-order valence-corrected chi connectivity index (χ0v) is 10.00. The predicted molar refractivity (Wildman–Crippen MR) is 70.4 cm³/mol. The van der Waals surface area contributed by atoms with E-state index in [2.05, 4.69) is 15.9 Å². The summed E-state index contributed by atoms with van der Waals surface area (Å²) in [5.74, 6) is 0.179. The van der Waals surface area contributed by atoms with Gasteiger partial charge in [-0.1, -0.05) is 0 Å². The highest BCUT2D eigenvalue weighted by molar-refractivity contribution is 9.10. The maximum atomic E-state index is 8.21. The first kappa shape index (κ1) is 4.18. The minimum absolute atomic E-state index is 0.179. The first-order chi connectivity index (χ1) is 11.9. The summed E-state index contributed by atoms with van der Waals surface area (Å²) in [5.41, 5.74) is -0.219. The zero-order valence-electron chi connectivity index (χ0n) is 19.4. The van der Waals surface area contributed by atoms with Gasteiger partial charge in [0, 0.05) is 47.3 Å². The third-order valence-corrected chi connectivity index (χ3v) is 2.60. The van der Waals surface area contributed by atoms with Gasteiger partial charge in [0.2, 0.25) is 0 Å². The van der Waals surface area contributed by atoms with Gasteiger partial charge in [-0.25, -0.2) is 0 Å². The Labute approximate surface area is 121 Å². The highest BCUT2D eigenvalue weighted by Crippen LogP contribution is 2.29. The van der Waals surface area contributed by atoms with Crippen LogP contribution >= 0.6 is 15.9 Å². The number of likely N-dealkylation sites (N-methyl/N-ethyl adjacent to an activating group) is 1. The normalized spacial score (nSPS) is 41.1. The van der Waals surface area contributed by atoms with Crippen molar-refractivity contribution in [3.63, 3.8) is 0 Å². The fourth-order valence-corrected chi connectivity index (χ4v) is 1.58. The lowest BCUT2D eigenvalue weighted by Gasteiger charge is -2.34. The van der Waals surface area contributed by atoms with E-state index in [0.29, 0.717) is 4.47 Å². The van der Waals surface area contributed by atoms with Crippen LogP contribution in [0.3, 0.4) is 0 Å². The average Bonchev–Trinajstić information content (AvgIpc) is 2.45. The SMILES string of the molecule is [2H]C([2H])([2H])N1C([2H])([2H])C([2H])([2H])N(c2ccc(Br)c(OC)c2)C([2H])([2H])C1([2H])[2H]. The molecule has 4 heteroatoms. The number of hydrogen-bond acceptors (Lipinski definition) is 3. The maximum Gasteiger partial charge on any atom is 0.135 e. The predicted octanol–water partition coefficient (Wildman–Crippen LogP) is 2.21. The van der Waals surface area contributed by atoms with Gasteiger partial charge in [0.25, 0.3) is 0 Å². The smallest absolute Gasteiger partial charge is 0.135 e. The van der Waals surface area contributed by atoms with E-state index in [-0.39, 0.29) is 21.2 Å². The Bertz CT molecular complexity index is 709. The van der Waals surface area contributed by atoms with Crippen molar-refractivity contribution in [3.8, 4) is 5.75 Å². The molecule has 0 aromatic heterocycles. The molecule has 1 heterocycles. The third kappa shape index (κ3) is 2.50. The number of hydrogen-bond donors (Lipinski definition) is 0. The molecule has 0 spiro atoms. The van der Waals surface area contributed by atoms with Crippen LogP contribution in [0.4, 0.5) is 5.69 Å². The van der Waals surface area contributed by atoms with Crippen molar-refractivity contribution < 1.29 is 19.8 Å². The third-order valence-electron chi connectivity index (χ3n) is 1.94. The first-order valence-electron chi connectivity index (χ1n) is 9.88. The monoisotopic (exact) mass is 295 g/mol. The van der Waals surface area contributed by atoms with Crippen LogP contribution in [0.1, 0.15) is 15.1 Å². The van der Waals surface area contributed by atoms with E-state index in [1.54, 1.807) is 0 Å². The van der Waals surface area contributed by atoms with Crippen molar-refractivity contribution in [1.82, 2.24) is 4.90 Å². The highest BCUT2D eigenvalue weighted by Gasteiger charge is 2.15. The number of ether oxygens (including phenoxy) is 1. The van der Waals surface area contributed by atoms with Gasteiger partial charge in [0.05, 0.1) is 17.1 Å². The Balaban J connectivity index is 2.80. The molecule has 0 radical (unpaired) electrons. The molecule has 0 N–H and O–H groups in total. The molecule has 1 fully saturated rings. The summed E-state index contributed by atoms with van der Waals surface area (Å²) in [5, 5.41) is 0. The second-order valence-corrected chi connectivity index (χ2v) is 3.79. The summed E-state index contributed by atoms with van der Waals surface area (Å²) in [7, 11) is 1.32. The van der Waals surface area contributed by atoms with Crippen molar-refractivity contribution in [3.05, 3.63) is 22.7 Å². The molecule has 0 aliphatic carbocycles. The molecule has 2 rings (SSSR count). The second-order valence-electron chi connectivity index (χ2n) is 2.94. The maximum absolute atomic E-state index is 8.21. The molecule has 0 saturated carbocycles. The van der Waals surface area contributed by atoms with Gasteiger partial charge >= 0.3 is 0 Å². The van der Waals surface area contributed by atoms with E-state index < -0.39 is 33.0 Å². The largest absolute Gasteiger partial charge is 0.495 e. The summed E-state index contributed by atoms with van der Waals surface area (Å²) in [6, 6.07) is 3.86. The van der Waals surface area contributed by atoms with Crippen molar-refractivity contribution >= 4 is 21.6 Å². The van der Waals surface area contributed by atoms with Crippen molar-refractivity contribution in [2.75, 3.05) is 45.0 Å². The number of methoxy groups -OCH3 is 1. The van der Waals surface area contributed by atoms with Crippen LogP contribution < -0.4 is 9.64 Å². The van der Waals surface area contributed by atoms with E-state index >= 15 is 0 Å². The number of halogens is 1. The molecule has 1 aliphatic heterocycles. The number of nitrogens with zero attached hydrogens (tertiary/aromatic N) is 2. The quantitative estimate of drug-likeness (QED) is 0.832. The number of rotatable bonds is 2. The molecule has 0 bridgehead atoms. The van der Waals surface area contributed by atoms with E-state index in [4.69, 9.17) is 19.8 Å². The molecule has 1 saturated heterocycles. The van der Waals surface area contributed by atoms with Gasteiger partial charge in [-0.15, -0.1) is 0 Å². The average molecular weight is 296 g/mol. The van der Waals surface area contributed by atoms with Crippen LogP contribution in [0.5, 0.6) is 5.75 Å². The topological polar surface area (TPSA) is 15.7 Å². The van der Waals surface area contributed by atoms with Gasteiger partial charge in [0.15, 0.2) is 0 Å². The van der Waals surface area contributed by atoms with Gasteiger partial charge in [-0.05, 0) is 35.0 Å². The van der Waals surface area contributed by atoms with E-state index in [9.17, 15) is 0 Å². The summed E-state index contributed by atoms with van der Waals surface area (Å²) < 4.78 is 93.0. The Morgan fingerprint density at radius 1 is 1.38 bits per heavy atom. The second kappa shape index (κ2) is 5.06. The van der Waals surface area contributed by atoms with E-state index in [0.717, 1.165) is 0 Å². The minimum Gasteiger partial charge on any atom is -0.495 e. The fourth-order valence-electron chi connectivity index (χ4n) is 1.17. The standard InChI is InChI=1S/C12H17BrN2O/c1-14-5-7-15(8-6-14)10-3-4-11(13)12(9-10)16-2/h3-4,9H,5-8H2,1-2H3/i1D3,5D2,6D2,7D2,8D2. The van der Waals surface area contributed by atoms with Gasteiger partial charge < -0.3 is 14.5 Å². The molecule has 0 unspecified atom stereocenters. The molecule has 1 aromatic carbocycles. The molecular formula is C12H17BrN2O. The highest BCUT2D eigenvalue weighted by atomic mass is 79.9. The van der Waals surface area contributed by atoms with Gasteiger partial charge in [-0.2, -0.15) is 0 Å². The van der Waals surface area contributed by atoms with E-state index in [1.807, 2.05) is 0 Å². The van der Waals surface area contributed by atoms with Crippen molar-refractivity contribution in [2.24, 2.45) is 0 Å². The summed E-state index contributed by atoms with van der Waals surface area (Å²) >= 11 is 3.19. The minimum atomic E-state index is -3.43. The van der Waals surface area contributed by atoms with Gasteiger partial charge in [-0.3, -0.25) is 0 Å². The lowest BCUT2D eigenvalue weighted by atomic mass is 10.2. The number of anilines is 1. The first-order valence-corrected chi connectivity index (χ1v) is 5.17. The Morgan fingerprint density at radius 3 is 2.75 bits per heavy atom. The Morgan fingerprint density at radius 2 is 2.12 bits per heavy atom. The number of piperazine rings is 1. The van der Waals surface area contributed by atoms with Crippen LogP contribution in [-0.4, -0.2) is 45.0 Å². The van der Waals surface area contributed by atoms with Crippen LogP contribution in [0, 0.1) is 0 Å². The molecule has 3 nitrogen and oxygen atoms in total. The lowest BCUT2D eigenvalue weighted by molar-refractivity contribution is 0.312.